The normalized spacial score (nSPS) is 17.6. The van der Waals surface area contributed by atoms with Crippen LogP contribution < -0.4 is 10.9 Å². The van der Waals surface area contributed by atoms with E-state index in [1.54, 1.807) is 16.3 Å². The van der Waals surface area contributed by atoms with Crippen LogP contribution in [0.5, 0.6) is 0 Å². The second-order valence-corrected chi connectivity index (χ2v) is 8.43. The van der Waals surface area contributed by atoms with Gasteiger partial charge in [-0.25, -0.2) is 4.98 Å². The van der Waals surface area contributed by atoms with E-state index in [-0.39, 0.29) is 23.1 Å². The summed E-state index contributed by atoms with van der Waals surface area (Å²) in [6.07, 6.45) is 4.80. The van der Waals surface area contributed by atoms with Crippen molar-refractivity contribution < 1.29 is 4.79 Å². The van der Waals surface area contributed by atoms with Gasteiger partial charge in [-0.1, -0.05) is 46.2 Å². The minimum Gasteiger partial charge on any atom is -0.345 e. The fraction of sp³-hybridized carbons (Fsp3) is 0.389. The van der Waals surface area contributed by atoms with Crippen molar-refractivity contribution in [2.24, 2.45) is 5.92 Å². The molecule has 130 valence electrons. The van der Waals surface area contributed by atoms with E-state index >= 15 is 0 Å². The molecule has 1 atom stereocenters. The van der Waals surface area contributed by atoms with E-state index in [0.717, 1.165) is 28.6 Å². The van der Waals surface area contributed by atoms with Gasteiger partial charge >= 0.3 is 0 Å². The highest BCUT2D eigenvalue weighted by atomic mass is 79.9. The Bertz CT molecular complexity index is 862. The molecule has 4 rings (SSSR count). The molecule has 1 aliphatic carbocycles. The SMILES string of the molecule is O=C(N[C@H](c1ccc(Br)cc1)C1CCC1)c1cnc2n(c1=O)CCS2. The lowest BCUT2D eigenvalue weighted by atomic mass is 9.77. The number of fused-ring (bicyclic) bond motifs is 1. The monoisotopic (exact) mass is 419 g/mol. The van der Waals surface area contributed by atoms with Gasteiger partial charge in [-0.15, -0.1) is 0 Å². The molecular weight excluding hydrogens is 402 g/mol. The van der Waals surface area contributed by atoms with Crippen LogP contribution in [-0.4, -0.2) is 21.2 Å². The average Bonchev–Trinajstić information content (AvgIpc) is 3.03. The molecular formula is C18H18BrN3O2S. The van der Waals surface area contributed by atoms with E-state index in [2.05, 4.69) is 26.2 Å². The summed E-state index contributed by atoms with van der Waals surface area (Å²) in [5.41, 5.74) is 0.967. The molecule has 2 heterocycles. The van der Waals surface area contributed by atoms with Crippen LogP contribution in [-0.2, 0) is 6.54 Å². The van der Waals surface area contributed by atoms with Gasteiger partial charge in [-0.05, 0) is 36.5 Å². The van der Waals surface area contributed by atoms with Crippen LogP contribution in [0.15, 0.2) is 44.9 Å². The molecule has 1 saturated carbocycles. The number of benzene rings is 1. The van der Waals surface area contributed by atoms with Crippen molar-refractivity contribution in [3.8, 4) is 0 Å². The molecule has 1 fully saturated rings. The number of hydrogen-bond acceptors (Lipinski definition) is 4. The molecule has 0 spiro atoms. The Hall–Kier alpha value is -1.60. The van der Waals surface area contributed by atoms with Gasteiger partial charge in [0.2, 0.25) is 0 Å². The van der Waals surface area contributed by atoms with Gasteiger partial charge in [0.1, 0.15) is 5.56 Å². The van der Waals surface area contributed by atoms with E-state index in [1.807, 2.05) is 24.3 Å². The summed E-state index contributed by atoms with van der Waals surface area (Å²) in [5, 5.41) is 3.79. The van der Waals surface area contributed by atoms with Crippen LogP contribution in [0.3, 0.4) is 0 Å². The third-order valence-electron chi connectivity index (χ3n) is 4.94. The molecule has 7 heteroatoms. The van der Waals surface area contributed by atoms with Gasteiger partial charge < -0.3 is 5.32 Å². The number of amides is 1. The first kappa shape index (κ1) is 16.8. The lowest BCUT2D eigenvalue weighted by molar-refractivity contribution is 0.0897. The maximum absolute atomic E-state index is 12.8. The van der Waals surface area contributed by atoms with Crippen LogP contribution in [0, 0.1) is 5.92 Å². The summed E-state index contributed by atoms with van der Waals surface area (Å²) in [7, 11) is 0. The van der Waals surface area contributed by atoms with Gasteiger partial charge in [0.25, 0.3) is 11.5 Å². The van der Waals surface area contributed by atoms with Crippen molar-refractivity contribution in [1.82, 2.24) is 14.9 Å². The number of rotatable bonds is 4. The summed E-state index contributed by atoms with van der Waals surface area (Å²) in [5.74, 6) is 0.923. The molecule has 1 aromatic heterocycles. The smallest absolute Gasteiger partial charge is 0.267 e. The highest BCUT2D eigenvalue weighted by molar-refractivity contribution is 9.10. The van der Waals surface area contributed by atoms with E-state index in [9.17, 15) is 9.59 Å². The second-order valence-electron chi connectivity index (χ2n) is 6.45. The summed E-state index contributed by atoms with van der Waals surface area (Å²) in [6, 6.07) is 7.95. The Labute approximate surface area is 158 Å². The molecule has 1 aliphatic heterocycles. The molecule has 25 heavy (non-hydrogen) atoms. The van der Waals surface area contributed by atoms with Crippen molar-refractivity contribution in [3.63, 3.8) is 0 Å². The molecule has 2 aromatic rings. The number of halogens is 1. The lowest BCUT2D eigenvalue weighted by Gasteiger charge is -2.34. The van der Waals surface area contributed by atoms with Crippen LogP contribution in [0.2, 0.25) is 0 Å². The van der Waals surface area contributed by atoms with E-state index in [0.29, 0.717) is 17.6 Å². The predicted molar refractivity (Wildman–Crippen MR) is 101 cm³/mol. The Balaban J connectivity index is 1.61. The molecule has 0 saturated heterocycles. The maximum Gasteiger partial charge on any atom is 0.267 e. The average molecular weight is 420 g/mol. The number of hydrogen-bond donors (Lipinski definition) is 1. The first-order valence-corrected chi connectivity index (χ1v) is 10.2. The summed E-state index contributed by atoms with van der Waals surface area (Å²) in [4.78, 5) is 29.6. The largest absolute Gasteiger partial charge is 0.345 e. The summed E-state index contributed by atoms with van der Waals surface area (Å²) >= 11 is 4.99. The third-order valence-corrected chi connectivity index (χ3v) is 6.44. The first-order chi connectivity index (χ1) is 12.1. The van der Waals surface area contributed by atoms with Gasteiger partial charge in [0, 0.05) is 23.0 Å². The minimum absolute atomic E-state index is 0.0682. The predicted octanol–water partition coefficient (Wildman–Crippen LogP) is 3.38. The van der Waals surface area contributed by atoms with Crippen molar-refractivity contribution in [2.75, 3.05) is 5.75 Å². The summed E-state index contributed by atoms with van der Waals surface area (Å²) < 4.78 is 2.60. The van der Waals surface area contributed by atoms with E-state index < -0.39 is 0 Å². The van der Waals surface area contributed by atoms with Crippen LogP contribution in [0.25, 0.3) is 0 Å². The van der Waals surface area contributed by atoms with E-state index in [4.69, 9.17) is 0 Å². The first-order valence-electron chi connectivity index (χ1n) is 8.42. The zero-order valence-corrected chi connectivity index (χ0v) is 16.0. The van der Waals surface area contributed by atoms with Crippen molar-refractivity contribution in [1.29, 1.82) is 0 Å². The van der Waals surface area contributed by atoms with Crippen molar-refractivity contribution in [3.05, 3.63) is 56.4 Å². The second kappa shape index (κ2) is 6.96. The van der Waals surface area contributed by atoms with Crippen molar-refractivity contribution >= 4 is 33.6 Å². The Morgan fingerprint density at radius 2 is 2.08 bits per heavy atom. The topological polar surface area (TPSA) is 64.0 Å². The van der Waals surface area contributed by atoms with Crippen LogP contribution in [0.1, 0.15) is 41.2 Å². The lowest BCUT2D eigenvalue weighted by Crippen LogP contribution is -2.39. The number of nitrogens with zero attached hydrogens (tertiary/aromatic N) is 2. The standard InChI is InChI=1S/C18H18BrN3O2S/c19-13-6-4-12(5-7-13)15(11-2-1-3-11)21-16(23)14-10-20-18-22(17(14)24)8-9-25-18/h4-7,10-11,15H,1-3,8-9H2,(H,21,23)/t15-/m0/s1. The Morgan fingerprint density at radius 3 is 2.76 bits per heavy atom. The molecule has 5 nitrogen and oxygen atoms in total. The molecule has 0 bridgehead atoms. The Morgan fingerprint density at radius 1 is 1.32 bits per heavy atom. The molecule has 1 aromatic carbocycles. The number of aromatic nitrogens is 2. The summed E-state index contributed by atoms with van der Waals surface area (Å²) in [6.45, 7) is 0.617. The van der Waals surface area contributed by atoms with Gasteiger partial charge in [-0.2, -0.15) is 0 Å². The highest BCUT2D eigenvalue weighted by Gasteiger charge is 2.31. The highest BCUT2D eigenvalue weighted by Crippen LogP contribution is 2.38. The molecule has 0 radical (unpaired) electrons. The van der Waals surface area contributed by atoms with Gasteiger partial charge in [0.05, 0.1) is 6.04 Å². The third kappa shape index (κ3) is 3.27. The zero-order valence-electron chi connectivity index (χ0n) is 13.6. The number of thioether (sulfide) groups is 1. The zero-order chi connectivity index (χ0) is 17.4. The minimum atomic E-state index is -0.329. The number of nitrogens with one attached hydrogen (secondary N) is 1. The fourth-order valence-electron chi connectivity index (χ4n) is 3.31. The molecule has 2 aliphatic rings. The fourth-order valence-corrected chi connectivity index (χ4v) is 4.49. The molecule has 1 N–H and O–H groups in total. The number of carbonyl (C=O) groups is 1. The Kier molecular flexibility index (Phi) is 4.69. The van der Waals surface area contributed by atoms with Crippen molar-refractivity contribution in [2.45, 2.75) is 37.0 Å². The van der Waals surface area contributed by atoms with Crippen LogP contribution in [0.4, 0.5) is 0 Å². The van der Waals surface area contributed by atoms with E-state index in [1.165, 1.54) is 12.6 Å². The van der Waals surface area contributed by atoms with Crippen LogP contribution >= 0.6 is 27.7 Å². The quantitative estimate of drug-likeness (QED) is 0.771. The van der Waals surface area contributed by atoms with Gasteiger partial charge in [-0.3, -0.25) is 14.2 Å². The van der Waals surface area contributed by atoms with Gasteiger partial charge in [0.15, 0.2) is 5.16 Å². The number of carbonyl (C=O) groups excluding carboxylic acids is 1. The molecule has 1 amide bonds. The maximum atomic E-state index is 12.8. The molecule has 0 unspecified atom stereocenters.